The maximum absolute atomic E-state index is 11.1. The zero-order valence-corrected chi connectivity index (χ0v) is 13.0. The average molecular weight is 310 g/mol. The van der Waals surface area contributed by atoms with E-state index in [9.17, 15) is 9.90 Å². The van der Waals surface area contributed by atoms with Gasteiger partial charge in [-0.15, -0.1) is 0 Å². The highest BCUT2D eigenvalue weighted by atomic mass is 16.4. The number of aryl methyl sites for hydroxylation is 1. The lowest BCUT2D eigenvalue weighted by Crippen LogP contribution is -1.91. The van der Waals surface area contributed by atoms with Crippen LogP contribution in [0.5, 0.6) is 0 Å². The van der Waals surface area contributed by atoms with Gasteiger partial charge in [0, 0.05) is 5.39 Å². The van der Waals surface area contributed by atoms with Gasteiger partial charge in [-0.2, -0.15) is 0 Å². The molecule has 2 N–H and O–H groups in total. The van der Waals surface area contributed by atoms with Crippen LogP contribution in [-0.4, -0.2) is 16.2 Å². The first kappa shape index (κ1) is 15.3. The molecule has 0 saturated heterocycles. The van der Waals surface area contributed by atoms with Crippen molar-refractivity contribution in [1.82, 2.24) is 0 Å². The molecule has 1 unspecified atom stereocenters. The Hall–Kier alpha value is -2.59. The second kappa shape index (κ2) is 5.89. The van der Waals surface area contributed by atoms with Crippen LogP contribution >= 0.6 is 0 Å². The molecule has 0 aliphatic heterocycles. The first-order valence-electron chi connectivity index (χ1n) is 7.57. The number of hydrogen-bond donors (Lipinski definition) is 2. The third-order valence-corrected chi connectivity index (χ3v) is 4.01. The number of carboxylic acids is 1. The zero-order valence-electron chi connectivity index (χ0n) is 13.0. The van der Waals surface area contributed by atoms with Crippen molar-refractivity contribution in [3.05, 3.63) is 59.4 Å². The molecule has 0 fully saturated rings. The van der Waals surface area contributed by atoms with Crippen molar-refractivity contribution in [2.75, 3.05) is 0 Å². The van der Waals surface area contributed by atoms with Gasteiger partial charge in [-0.3, -0.25) is 0 Å². The second-order valence-electron chi connectivity index (χ2n) is 5.62. The summed E-state index contributed by atoms with van der Waals surface area (Å²) < 4.78 is 5.46. The van der Waals surface area contributed by atoms with Crippen molar-refractivity contribution in [2.45, 2.75) is 26.4 Å². The van der Waals surface area contributed by atoms with Gasteiger partial charge >= 0.3 is 5.97 Å². The summed E-state index contributed by atoms with van der Waals surface area (Å²) in [7, 11) is 0. The Kier molecular flexibility index (Phi) is 3.92. The van der Waals surface area contributed by atoms with E-state index in [4.69, 9.17) is 9.52 Å². The number of carbonyl (C=O) groups is 1. The highest BCUT2D eigenvalue weighted by molar-refractivity contribution is 5.94. The number of rotatable bonds is 4. The molecule has 0 aliphatic rings. The lowest BCUT2D eigenvalue weighted by molar-refractivity contribution is 0.0665. The van der Waals surface area contributed by atoms with E-state index >= 15 is 0 Å². The van der Waals surface area contributed by atoms with E-state index in [1.165, 1.54) is 0 Å². The number of hydrogen-bond acceptors (Lipinski definition) is 3. The van der Waals surface area contributed by atoms with Crippen molar-refractivity contribution in [1.29, 1.82) is 0 Å². The van der Waals surface area contributed by atoms with Gasteiger partial charge in [0.2, 0.25) is 5.76 Å². The summed E-state index contributed by atoms with van der Waals surface area (Å²) in [5, 5.41) is 19.5. The van der Waals surface area contributed by atoms with E-state index in [1.807, 2.05) is 43.3 Å². The first-order valence-corrected chi connectivity index (χ1v) is 7.57. The molecule has 3 rings (SSSR count). The van der Waals surface area contributed by atoms with Crippen LogP contribution in [0.1, 0.15) is 41.6 Å². The Morgan fingerprint density at radius 2 is 1.83 bits per heavy atom. The Labute approximate surface area is 134 Å². The minimum absolute atomic E-state index is 0.0451. The first-order chi connectivity index (χ1) is 11.0. The van der Waals surface area contributed by atoms with Crippen LogP contribution in [0.4, 0.5) is 0 Å². The van der Waals surface area contributed by atoms with Crippen LogP contribution in [0, 0.1) is 0 Å². The summed E-state index contributed by atoms with van der Waals surface area (Å²) in [5.41, 5.74) is 4.49. The van der Waals surface area contributed by atoms with Gasteiger partial charge in [0.05, 0.1) is 6.10 Å². The molecule has 4 nitrogen and oxygen atoms in total. The van der Waals surface area contributed by atoms with Gasteiger partial charge in [0.1, 0.15) is 5.58 Å². The third kappa shape index (κ3) is 2.85. The predicted molar refractivity (Wildman–Crippen MR) is 88.6 cm³/mol. The molecule has 3 aromatic rings. The minimum Gasteiger partial charge on any atom is -0.475 e. The molecule has 1 heterocycles. The summed E-state index contributed by atoms with van der Waals surface area (Å²) >= 11 is 0. The maximum Gasteiger partial charge on any atom is 0.371 e. The van der Waals surface area contributed by atoms with Crippen molar-refractivity contribution < 1.29 is 19.4 Å². The molecule has 0 amide bonds. The maximum atomic E-state index is 11.1. The molecule has 118 valence electrons. The SMILES string of the molecule is CCc1cc(-c2ccc(C(C)O)cc2)cc2cc(C(=O)O)oc12. The summed E-state index contributed by atoms with van der Waals surface area (Å²) in [6.07, 6.45) is 0.257. The van der Waals surface area contributed by atoms with Crippen molar-refractivity contribution in [3.8, 4) is 11.1 Å². The quantitative estimate of drug-likeness (QED) is 0.748. The molecule has 2 aromatic carbocycles. The Morgan fingerprint density at radius 1 is 1.13 bits per heavy atom. The number of aliphatic hydroxyl groups excluding tert-OH is 1. The van der Waals surface area contributed by atoms with Crippen molar-refractivity contribution >= 4 is 16.9 Å². The molecule has 0 radical (unpaired) electrons. The number of furan rings is 1. The molecule has 0 spiro atoms. The largest absolute Gasteiger partial charge is 0.475 e. The minimum atomic E-state index is -1.06. The Morgan fingerprint density at radius 3 is 2.39 bits per heavy atom. The normalized spacial score (nSPS) is 12.5. The van der Waals surface area contributed by atoms with Gasteiger partial charge < -0.3 is 14.6 Å². The number of aromatic carboxylic acids is 1. The highest BCUT2D eigenvalue weighted by Gasteiger charge is 2.14. The Balaban J connectivity index is 2.12. The highest BCUT2D eigenvalue weighted by Crippen LogP contribution is 2.31. The van der Waals surface area contributed by atoms with E-state index in [0.29, 0.717) is 5.58 Å². The molecule has 1 atom stereocenters. The lowest BCUT2D eigenvalue weighted by atomic mass is 9.98. The molecule has 4 heteroatoms. The number of benzene rings is 2. The van der Waals surface area contributed by atoms with Gasteiger partial charge in [-0.05, 0) is 53.8 Å². The molecular formula is C19H18O4. The predicted octanol–water partition coefficient (Wildman–Crippen LogP) is 4.41. The fraction of sp³-hybridized carbons (Fsp3) is 0.211. The van der Waals surface area contributed by atoms with Crippen molar-refractivity contribution in [3.63, 3.8) is 0 Å². The van der Waals surface area contributed by atoms with E-state index in [2.05, 4.69) is 0 Å². The van der Waals surface area contributed by atoms with Crippen LogP contribution in [0.2, 0.25) is 0 Å². The summed E-state index contributed by atoms with van der Waals surface area (Å²) in [6, 6.07) is 13.2. The van der Waals surface area contributed by atoms with Gasteiger partial charge in [0.25, 0.3) is 0 Å². The summed E-state index contributed by atoms with van der Waals surface area (Å²) in [5.74, 6) is -1.11. The average Bonchev–Trinajstić information content (AvgIpc) is 2.98. The third-order valence-electron chi connectivity index (χ3n) is 4.01. The van der Waals surface area contributed by atoms with Crippen LogP contribution in [0.3, 0.4) is 0 Å². The van der Waals surface area contributed by atoms with Gasteiger partial charge in [0.15, 0.2) is 0 Å². The molecule has 0 saturated carbocycles. The molecule has 1 aromatic heterocycles. The van der Waals surface area contributed by atoms with E-state index in [1.54, 1.807) is 13.0 Å². The fourth-order valence-corrected chi connectivity index (χ4v) is 2.71. The smallest absolute Gasteiger partial charge is 0.371 e. The molecule has 0 aliphatic carbocycles. The Bertz CT molecular complexity index is 857. The number of carboxylic acid groups (broad SMARTS) is 1. The van der Waals surface area contributed by atoms with Gasteiger partial charge in [-0.1, -0.05) is 31.2 Å². The van der Waals surface area contributed by atoms with E-state index in [0.717, 1.165) is 34.1 Å². The molecule has 23 heavy (non-hydrogen) atoms. The van der Waals surface area contributed by atoms with Crippen LogP contribution < -0.4 is 0 Å². The standard InChI is InChI=1S/C19H18O4/c1-3-12-8-15(14-6-4-13(5-7-14)11(2)20)9-16-10-17(19(21)22)23-18(12)16/h4-11,20H,3H2,1-2H3,(H,21,22). The number of fused-ring (bicyclic) bond motifs is 1. The fourth-order valence-electron chi connectivity index (χ4n) is 2.71. The molecular weight excluding hydrogens is 292 g/mol. The monoisotopic (exact) mass is 310 g/mol. The second-order valence-corrected chi connectivity index (χ2v) is 5.62. The van der Waals surface area contributed by atoms with Crippen LogP contribution in [0.25, 0.3) is 22.1 Å². The lowest BCUT2D eigenvalue weighted by Gasteiger charge is -2.08. The number of aliphatic hydroxyl groups is 1. The summed E-state index contributed by atoms with van der Waals surface area (Å²) in [4.78, 5) is 11.1. The zero-order chi connectivity index (χ0) is 16.6. The summed E-state index contributed by atoms with van der Waals surface area (Å²) in [6.45, 7) is 3.74. The molecule has 0 bridgehead atoms. The van der Waals surface area contributed by atoms with E-state index < -0.39 is 12.1 Å². The van der Waals surface area contributed by atoms with Gasteiger partial charge in [-0.25, -0.2) is 4.79 Å². The van der Waals surface area contributed by atoms with Crippen LogP contribution in [-0.2, 0) is 6.42 Å². The van der Waals surface area contributed by atoms with E-state index in [-0.39, 0.29) is 5.76 Å². The topological polar surface area (TPSA) is 70.7 Å². The van der Waals surface area contributed by atoms with Crippen molar-refractivity contribution in [2.24, 2.45) is 0 Å². The van der Waals surface area contributed by atoms with Crippen LogP contribution in [0.15, 0.2) is 46.9 Å².